The molecule has 0 saturated carbocycles. The quantitative estimate of drug-likeness (QED) is 0.740. The normalized spacial score (nSPS) is 22.6. The maximum atomic E-state index is 5.19. The Bertz CT molecular complexity index is 216. The van der Waals surface area contributed by atoms with Gasteiger partial charge in [-0.2, -0.15) is 0 Å². The van der Waals surface area contributed by atoms with Gasteiger partial charge in [-0.1, -0.05) is 27.7 Å². The van der Waals surface area contributed by atoms with Crippen LogP contribution < -0.4 is 5.32 Å². The fourth-order valence-corrected chi connectivity index (χ4v) is 2.65. The molecule has 0 spiro atoms. The number of methoxy groups -OCH3 is 1. The number of hydrogen-bond acceptors (Lipinski definition) is 3. The molecule has 3 heteroatoms. The van der Waals surface area contributed by atoms with E-state index in [4.69, 9.17) is 4.74 Å². The van der Waals surface area contributed by atoms with Crippen molar-refractivity contribution in [3.63, 3.8) is 0 Å². The first-order valence-corrected chi connectivity index (χ1v) is 6.90. The Morgan fingerprint density at radius 3 is 2.71 bits per heavy atom. The molecule has 0 bridgehead atoms. The molecular formula is C14H30N2O. The van der Waals surface area contributed by atoms with Gasteiger partial charge in [0.2, 0.25) is 0 Å². The molecule has 0 aliphatic carbocycles. The van der Waals surface area contributed by atoms with Crippen molar-refractivity contribution in [2.45, 2.75) is 52.6 Å². The number of nitrogens with zero attached hydrogens (tertiary/aromatic N) is 1. The van der Waals surface area contributed by atoms with E-state index in [1.54, 1.807) is 7.11 Å². The molecule has 0 radical (unpaired) electrons. The van der Waals surface area contributed by atoms with Crippen LogP contribution in [0.2, 0.25) is 0 Å². The molecule has 1 rings (SSSR count). The Hall–Kier alpha value is -0.120. The second-order valence-corrected chi connectivity index (χ2v) is 6.45. The largest absolute Gasteiger partial charge is 0.385 e. The molecule has 1 saturated heterocycles. The van der Waals surface area contributed by atoms with Crippen LogP contribution in [0.3, 0.4) is 0 Å². The minimum absolute atomic E-state index is 0.364. The number of rotatable bonds is 7. The first-order chi connectivity index (χ1) is 7.93. The molecule has 1 heterocycles. The Morgan fingerprint density at radius 2 is 2.12 bits per heavy atom. The molecule has 1 fully saturated rings. The highest BCUT2D eigenvalue weighted by molar-refractivity contribution is 4.85. The lowest BCUT2D eigenvalue weighted by molar-refractivity contribution is 0.124. The second kappa shape index (κ2) is 6.72. The molecule has 3 nitrogen and oxygen atoms in total. The molecule has 0 aromatic heterocycles. The van der Waals surface area contributed by atoms with E-state index >= 15 is 0 Å². The highest BCUT2D eigenvalue weighted by atomic mass is 16.5. The maximum absolute atomic E-state index is 5.19. The molecule has 1 unspecified atom stereocenters. The summed E-state index contributed by atoms with van der Waals surface area (Å²) in [5, 5.41) is 3.63. The Kier molecular flexibility index (Phi) is 5.90. The van der Waals surface area contributed by atoms with Gasteiger partial charge in [0.1, 0.15) is 0 Å². The number of likely N-dealkylation sites (tertiary alicyclic amines) is 1. The number of hydrogen-bond donors (Lipinski definition) is 1. The Balaban J connectivity index is 2.29. The van der Waals surface area contributed by atoms with E-state index in [1.165, 1.54) is 26.1 Å². The van der Waals surface area contributed by atoms with Crippen molar-refractivity contribution in [2.24, 2.45) is 5.41 Å². The predicted molar refractivity (Wildman–Crippen MR) is 73.4 cm³/mol. The lowest BCUT2D eigenvalue weighted by Crippen LogP contribution is -2.39. The van der Waals surface area contributed by atoms with Crippen molar-refractivity contribution in [1.82, 2.24) is 10.2 Å². The van der Waals surface area contributed by atoms with Gasteiger partial charge in [-0.05, 0) is 24.8 Å². The van der Waals surface area contributed by atoms with Crippen LogP contribution in [-0.4, -0.2) is 50.3 Å². The molecule has 1 atom stereocenters. The average molecular weight is 242 g/mol. The first-order valence-electron chi connectivity index (χ1n) is 6.90. The van der Waals surface area contributed by atoms with Gasteiger partial charge in [0.25, 0.3) is 0 Å². The van der Waals surface area contributed by atoms with Crippen molar-refractivity contribution < 1.29 is 4.74 Å². The molecule has 0 amide bonds. The summed E-state index contributed by atoms with van der Waals surface area (Å²) in [7, 11) is 1.79. The van der Waals surface area contributed by atoms with Gasteiger partial charge in [-0.25, -0.2) is 0 Å². The van der Waals surface area contributed by atoms with Crippen LogP contribution in [0.1, 0.15) is 40.5 Å². The lowest BCUT2D eigenvalue weighted by Gasteiger charge is -2.30. The second-order valence-electron chi connectivity index (χ2n) is 6.45. The van der Waals surface area contributed by atoms with Crippen molar-refractivity contribution >= 4 is 0 Å². The molecular weight excluding hydrogens is 212 g/mol. The van der Waals surface area contributed by atoms with Crippen LogP contribution >= 0.6 is 0 Å². The van der Waals surface area contributed by atoms with Crippen LogP contribution in [0.15, 0.2) is 0 Å². The highest BCUT2D eigenvalue weighted by Gasteiger charge is 2.27. The van der Waals surface area contributed by atoms with E-state index < -0.39 is 0 Å². The number of ether oxygens (including phenoxy) is 1. The summed E-state index contributed by atoms with van der Waals surface area (Å²) >= 11 is 0. The molecule has 102 valence electrons. The van der Waals surface area contributed by atoms with E-state index in [2.05, 4.69) is 37.9 Å². The van der Waals surface area contributed by atoms with Gasteiger partial charge in [-0.15, -0.1) is 0 Å². The van der Waals surface area contributed by atoms with Crippen molar-refractivity contribution in [1.29, 1.82) is 0 Å². The molecule has 0 aromatic rings. The summed E-state index contributed by atoms with van der Waals surface area (Å²) in [6.45, 7) is 13.6. The fourth-order valence-electron chi connectivity index (χ4n) is 2.65. The van der Waals surface area contributed by atoms with Gasteiger partial charge < -0.3 is 15.0 Å². The van der Waals surface area contributed by atoms with Crippen LogP contribution in [0.5, 0.6) is 0 Å². The molecule has 1 N–H and O–H groups in total. The third-order valence-corrected chi connectivity index (χ3v) is 3.48. The third kappa shape index (κ3) is 5.84. The van der Waals surface area contributed by atoms with E-state index in [0.29, 0.717) is 17.5 Å². The van der Waals surface area contributed by atoms with Gasteiger partial charge in [0, 0.05) is 38.9 Å². The van der Waals surface area contributed by atoms with Crippen molar-refractivity contribution in [3.05, 3.63) is 0 Å². The highest BCUT2D eigenvalue weighted by Crippen LogP contribution is 2.24. The van der Waals surface area contributed by atoms with Gasteiger partial charge in [-0.3, -0.25) is 0 Å². The minimum atomic E-state index is 0.364. The zero-order valence-electron chi connectivity index (χ0n) is 12.3. The maximum Gasteiger partial charge on any atom is 0.0467 e. The monoisotopic (exact) mass is 242 g/mol. The fraction of sp³-hybridized carbons (Fsp3) is 1.00. The first kappa shape index (κ1) is 14.9. The van der Waals surface area contributed by atoms with E-state index in [1.807, 2.05) is 0 Å². The molecule has 1 aliphatic rings. The van der Waals surface area contributed by atoms with Crippen molar-refractivity contribution in [2.75, 3.05) is 33.4 Å². The zero-order chi connectivity index (χ0) is 12.9. The van der Waals surface area contributed by atoms with Gasteiger partial charge in [0.05, 0.1) is 0 Å². The van der Waals surface area contributed by atoms with Crippen LogP contribution in [-0.2, 0) is 4.74 Å². The summed E-state index contributed by atoms with van der Waals surface area (Å²) in [4.78, 5) is 2.59. The van der Waals surface area contributed by atoms with E-state index in [-0.39, 0.29) is 0 Å². The number of nitrogens with one attached hydrogen (secondary N) is 1. The van der Waals surface area contributed by atoms with Gasteiger partial charge >= 0.3 is 0 Å². The predicted octanol–water partition coefficient (Wildman–Crippen LogP) is 2.12. The smallest absolute Gasteiger partial charge is 0.0467 e. The molecule has 1 aliphatic heterocycles. The summed E-state index contributed by atoms with van der Waals surface area (Å²) < 4.78 is 5.19. The van der Waals surface area contributed by atoms with Gasteiger partial charge in [0.15, 0.2) is 0 Å². The summed E-state index contributed by atoms with van der Waals surface area (Å²) in [5.74, 6) is 0. The Labute approximate surface area is 107 Å². The third-order valence-electron chi connectivity index (χ3n) is 3.48. The SMILES string of the molecule is COCCC(C)(C)CN1CCC(NC(C)C)C1. The van der Waals surface area contributed by atoms with E-state index in [0.717, 1.165) is 13.0 Å². The summed E-state index contributed by atoms with van der Waals surface area (Å²) in [5.41, 5.74) is 0.364. The van der Waals surface area contributed by atoms with Crippen molar-refractivity contribution in [3.8, 4) is 0 Å². The zero-order valence-corrected chi connectivity index (χ0v) is 12.3. The molecule has 17 heavy (non-hydrogen) atoms. The lowest BCUT2D eigenvalue weighted by atomic mass is 9.89. The van der Waals surface area contributed by atoms with Crippen LogP contribution in [0, 0.1) is 5.41 Å². The Morgan fingerprint density at radius 1 is 1.41 bits per heavy atom. The summed E-state index contributed by atoms with van der Waals surface area (Å²) in [6, 6.07) is 1.29. The van der Waals surface area contributed by atoms with E-state index in [9.17, 15) is 0 Å². The standard InChI is InChI=1S/C14H30N2O/c1-12(2)15-13-6-8-16(10-13)11-14(3,4)7-9-17-5/h12-13,15H,6-11H2,1-5H3. The van der Waals surface area contributed by atoms with Crippen LogP contribution in [0.4, 0.5) is 0 Å². The topological polar surface area (TPSA) is 24.5 Å². The average Bonchev–Trinajstić information content (AvgIpc) is 2.60. The van der Waals surface area contributed by atoms with Crippen LogP contribution in [0.25, 0.3) is 0 Å². The summed E-state index contributed by atoms with van der Waals surface area (Å²) in [6.07, 6.45) is 2.43. The molecule has 0 aromatic carbocycles. The minimum Gasteiger partial charge on any atom is -0.385 e.